The Hall–Kier alpha value is -0.500. The van der Waals surface area contributed by atoms with Crippen LogP contribution in [0.5, 0.6) is 0 Å². The summed E-state index contributed by atoms with van der Waals surface area (Å²) in [7, 11) is 0. The van der Waals surface area contributed by atoms with Crippen molar-refractivity contribution in [1.29, 1.82) is 0 Å². The smallest absolute Gasteiger partial charge is 0.185 e. The lowest BCUT2D eigenvalue weighted by Crippen LogP contribution is -1.87. The van der Waals surface area contributed by atoms with E-state index >= 15 is 0 Å². The second-order valence-corrected chi connectivity index (χ2v) is 7.31. The molecule has 0 fully saturated rings. The largest absolute Gasteiger partial charge is 0.288 e. The molecule has 0 heterocycles. The molecule has 0 aromatic carbocycles. The van der Waals surface area contributed by atoms with Crippen molar-refractivity contribution in [2.24, 2.45) is 0 Å². The van der Waals surface area contributed by atoms with Crippen molar-refractivity contribution in [3.05, 3.63) is 23.8 Å². The number of rotatable bonds is 13. The molecule has 2 heteroatoms. The Labute approximate surface area is 135 Å². The average Bonchev–Trinajstić information content (AvgIpc) is 2.97. The van der Waals surface area contributed by atoms with Gasteiger partial charge in [-0.1, -0.05) is 86.9 Å². The SMILES string of the molecule is CC(=O)SCCCCCCCCCCCCC1=CCC=C1. The zero-order valence-corrected chi connectivity index (χ0v) is 14.6. The second kappa shape index (κ2) is 13.2. The zero-order valence-electron chi connectivity index (χ0n) is 13.7. The Kier molecular flexibility index (Phi) is 11.6. The summed E-state index contributed by atoms with van der Waals surface area (Å²) >= 11 is 1.47. The Balaban J connectivity index is 1.70. The van der Waals surface area contributed by atoms with Crippen LogP contribution >= 0.6 is 11.8 Å². The Morgan fingerprint density at radius 3 is 2.05 bits per heavy atom. The van der Waals surface area contributed by atoms with Gasteiger partial charge in [0.2, 0.25) is 0 Å². The van der Waals surface area contributed by atoms with Gasteiger partial charge in [0.15, 0.2) is 5.12 Å². The first kappa shape index (κ1) is 18.5. The summed E-state index contributed by atoms with van der Waals surface area (Å²) in [5.74, 6) is 1.01. The normalized spacial score (nSPS) is 13.7. The highest BCUT2D eigenvalue weighted by Gasteiger charge is 1.98. The van der Waals surface area contributed by atoms with Gasteiger partial charge < -0.3 is 0 Å². The van der Waals surface area contributed by atoms with Crippen molar-refractivity contribution in [2.75, 3.05) is 5.75 Å². The minimum atomic E-state index is 0.259. The average molecular weight is 309 g/mol. The van der Waals surface area contributed by atoms with Crippen LogP contribution in [0, 0.1) is 0 Å². The molecular formula is C19H32OS. The standard InChI is InChI=1S/C19H32OS/c1-18(20)21-17-13-9-7-5-3-2-4-6-8-10-14-19-15-11-12-16-19/h11,15-16H,2-10,12-14,17H2,1H3. The number of hydrogen-bond donors (Lipinski definition) is 0. The molecule has 1 rings (SSSR count). The molecular weight excluding hydrogens is 276 g/mol. The lowest BCUT2D eigenvalue weighted by atomic mass is 10.0. The highest BCUT2D eigenvalue weighted by Crippen LogP contribution is 2.18. The molecule has 0 aromatic rings. The van der Waals surface area contributed by atoms with Gasteiger partial charge in [-0.3, -0.25) is 4.79 Å². The van der Waals surface area contributed by atoms with E-state index in [1.54, 1.807) is 12.5 Å². The Morgan fingerprint density at radius 2 is 1.52 bits per heavy atom. The number of unbranched alkanes of at least 4 members (excludes halogenated alkanes) is 9. The van der Waals surface area contributed by atoms with Crippen LogP contribution in [0.4, 0.5) is 0 Å². The summed E-state index contributed by atoms with van der Waals surface area (Å²) in [6.45, 7) is 1.66. The van der Waals surface area contributed by atoms with Crippen LogP contribution in [0.2, 0.25) is 0 Å². The van der Waals surface area contributed by atoms with E-state index in [2.05, 4.69) is 18.2 Å². The first-order valence-electron chi connectivity index (χ1n) is 8.78. The summed E-state index contributed by atoms with van der Waals surface area (Å²) in [6.07, 6.45) is 23.0. The van der Waals surface area contributed by atoms with Crippen molar-refractivity contribution < 1.29 is 4.79 Å². The van der Waals surface area contributed by atoms with Gasteiger partial charge in [-0.15, -0.1) is 0 Å². The summed E-state index contributed by atoms with van der Waals surface area (Å²) in [4.78, 5) is 10.8. The molecule has 0 saturated carbocycles. The van der Waals surface area contributed by atoms with E-state index in [9.17, 15) is 4.79 Å². The third-order valence-corrected chi connectivity index (χ3v) is 4.91. The molecule has 0 N–H and O–H groups in total. The maximum Gasteiger partial charge on any atom is 0.185 e. The third kappa shape index (κ3) is 11.8. The summed E-state index contributed by atoms with van der Waals surface area (Å²) in [5.41, 5.74) is 1.55. The fourth-order valence-corrected chi connectivity index (χ4v) is 3.39. The van der Waals surface area contributed by atoms with Crippen LogP contribution in [0.15, 0.2) is 23.8 Å². The van der Waals surface area contributed by atoms with Crippen molar-refractivity contribution in [2.45, 2.75) is 84.0 Å². The van der Waals surface area contributed by atoms with Gasteiger partial charge in [-0.05, 0) is 25.7 Å². The van der Waals surface area contributed by atoms with E-state index in [0.29, 0.717) is 0 Å². The minimum absolute atomic E-state index is 0.259. The fraction of sp³-hybridized carbons (Fsp3) is 0.737. The van der Waals surface area contributed by atoms with E-state index < -0.39 is 0 Å². The molecule has 1 nitrogen and oxygen atoms in total. The van der Waals surface area contributed by atoms with Crippen LogP contribution in [0.25, 0.3) is 0 Å². The number of hydrogen-bond acceptors (Lipinski definition) is 2. The van der Waals surface area contributed by atoms with Gasteiger partial charge >= 0.3 is 0 Å². The predicted molar refractivity (Wildman–Crippen MR) is 95.8 cm³/mol. The van der Waals surface area contributed by atoms with Gasteiger partial charge in [0.1, 0.15) is 0 Å². The van der Waals surface area contributed by atoms with E-state index in [4.69, 9.17) is 0 Å². The number of thioether (sulfide) groups is 1. The number of carbonyl (C=O) groups is 1. The molecule has 0 amide bonds. The fourth-order valence-electron chi connectivity index (χ4n) is 2.75. The molecule has 1 aliphatic carbocycles. The monoisotopic (exact) mass is 308 g/mol. The van der Waals surface area contributed by atoms with Gasteiger partial charge in [-0.25, -0.2) is 0 Å². The molecule has 0 unspecified atom stereocenters. The molecule has 120 valence electrons. The van der Waals surface area contributed by atoms with E-state index in [0.717, 1.165) is 12.2 Å². The maximum atomic E-state index is 10.8. The number of allylic oxidation sites excluding steroid dienone is 4. The maximum absolute atomic E-state index is 10.8. The second-order valence-electron chi connectivity index (χ2n) is 6.04. The van der Waals surface area contributed by atoms with Crippen LogP contribution in [0.1, 0.15) is 84.0 Å². The summed E-state index contributed by atoms with van der Waals surface area (Å²) in [6, 6.07) is 0. The van der Waals surface area contributed by atoms with Crippen molar-refractivity contribution in [1.82, 2.24) is 0 Å². The first-order chi connectivity index (χ1) is 10.3. The highest BCUT2D eigenvalue weighted by atomic mass is 32.2. The van der Waals surface area contributed by atoms with Crippen LogP contribution in [-0.2, 0) is 4.79 Å². The topological polar surface area (TPSA) is 17.1 Å². The highest BCUT2D eigenvalue weighted by molar-refractivity contribution is 8.13. The van der Waals surface area contributed by atoms with Crippen LogP contribution in [-0.4, -0.2) is 10.9 Å². The zero-order chi connectivity index (χ0) is 15.2. The molecule has 0 aromatic heterocycles. The lowest BCUT2D eigenvalue weighted by Gasteiger charge is -2.03. The molecule has 0 bridgehead atoms. The number of carbonyl (C=O) groups excluding carboxylic acids is 1. The van der Waals surface area contributed by atoms with Gasteiger partial charge in [-0.2, -0.15) is 0 Å². The summed E-state index contributed by atoms with van der Waals surface area (Å²) in [5, 5.41) is 0.259. The molecule has 21 heavy (non-hydrogen) atoms. The lowest BCUT2D eigenvalue weighted by molar-refractivity contribution is -0.109. The Morgan fingerprint density at radius 1 is 0.952 bits per heavy atom. The van der Waals surface area contributed by atoms with Gasteiger partial charge in [0, 0.05) is 12.7 Å². The van der Waals surface area contributed by atoms with E-state index in [-0.39, 0.29) is 5.12 Å². The quantitative estimate of drug-likeness (QED) is 0.364. The van der Waals surface area contributed by atoms with Crippen molar-refractivity contribution in [3.63, 3.8) is 0 Å². The van der Waals surface area contributed by atoms with Crippen LogP contribution in [0.3, 0.4) is 0 Å². The van der Waals surface area contributed by atoms with Crippen molar-refractivity contribution in [3.8, 4) is 0 Å². The molecule has 0 radical (unpaired) electrons. The van der Waals surface area contributed by atoms with E-state index in [1.165, 1.54) is 82.4 Å². The van der Waals surface area contributed by atoms with E-state index in [1.807, 2.05) is 0 Å². The van der Waals surface area contributed by atoms with Crippen LogP contribution < -0.4 is 0 Å². The summed E-state index contributed by atoms with van der Waals surface area (Å²) < 4.78 is 0. The third-order valence-electron chi connectivity index (χ3n) is 4.01. The predicted octanol–water partition coefficient (Wildman–Crippen LogP) is 6.44. The molecule has 1 aliphatic rings. The minimum Gasteiger partial charge on any atom is -0.288 e. The Bertz CT molecular complexity index is 330. The molecule has 0 aliphatic heterocycles. The van der Waals surface area contributed by atoms with Crippen molar-refractivity contribution >= 4 is 16.9 Å². The molecule has 0 atom stereocenters. The van der Waals surface area contributed by atoms with Gasteiger partial charge in [0.05, 0.1) is 0 Å². The molecule has 0 spiro atoms. The van der Waals surface area contributed by atoms with Gasteiger partial charge in [0.25, 0.3) is 0 Å². The molecule has 0 saturated heterocycles. The first-order valence-corrected chi connectivity index (χ1v) is 9.76.